The summed E-state index contributed by atoms with van der Waals surface area (Å²) in [5.74, 6) is -0.234. The average Bonchev–Trinajstić information content (AvgIpc) is 2.17. The standard InChI is InChI=1S/C11H13NO2/c1-8(13)14-11-6-9-4-2-3-5-10(9)7-12-11/h2-5,11-12H,6-7H2,1H3. The Kier molecular flexibility index (Phi) is 2.50. The predicted molar refractivity (Wildman–Crippen MR) is 52.5 cm³/mol. The first-order valence-corrected chi connectivity index (χ1v) is 4.73. The largest absolute Gasteiger partial charge is 0.446 e. The number of rotatable bonds is 1. The maximum Gasteiger partial charge on any atom is 0.304 e. The second-order valence-electron chi connectivity index (χ2n) is 3.45. The molecule has 1 heterocycles. The number of benzene rings is 1. The second-order valence-corrected chi connectivity index (χ2v) is 3.45. The van der Waals surface area contributed by atoms with Gasteiger partial charge in [-0.1, -0.05) is 24.3 Å². The van der Waals surface area contributed by atoms with Crippen molar-refractivity contribution in [1.82, 2.24) is 5.32 Å². The smallest absolute Gasteiger partial charge is 0.304 e. The summed E-state index contributed by atoms with van der Waals surface area (Å²) in [6.45, 7) is 2.20. The number of carbonyl (C=O) groups is 1. The summed E-state index contributed by atoms with van der Waals surface area (Å²) in [6, 6.07) is 8.20. The number of esters is 1. The van der Waals surface area contributed by atoms with Gasteiger partial charge in [0.1, 0.15) is 0 Å². The van der Waals surface area contributed by atoms with Crippen molar-refractivity contribution in [3.63, 3.8) is 0 Å². The lowest BCUT2D eigenvalue weighted by atomic mass is 10.0. The third kappa shape index (κ3) is 1.93. The van der Waals surface area contributed by atoms with Crippen molar-refractivity contribution in [2.75, 3.05) is 0 Å². The van der Waals surface area contributed by atoms with Crippen LogP contribution in [0.3, 0.4) is 0 Å². The monoisotopic (exact) mass is 191 g/mol. The third-order valence-electron chi connectivity index (χ3n) is 2.35. The van der Waals surface area contributed by atoms with Crippen molar-refractivity contribution >= 4 is 5.97 Å². The maximum absolute atomic E-state index is 10.8. The van der Waals surface area contributed by atoms with Gasteiger partial charge >= 0.3 is 5.97 Å². The number of nitrogens with one attached hydrogen (secondary N) is 1. The van der Waals surface area contributed by atoms with Crippen LogP contribution in [-0.4, -0.2) is 12.2 Å². The SMILES string of the molecule is CC(=O)OC1Cc2ccccc2CN1. The minimum Gasteiger partial charge on any atom is -0.446 e. The normalized spacial score (nSPS) is 19.9. The third-order valence-corrected chi connectivity index (χ3v) is 2.35. The summed E-state index contributed by atoms with van der Waals surface area (Å²) in [6.07, 6.45) is 0.595. The molecule has 1 aromatic rings. The number of carbonyl (C=O) groups excluding carboxylic acids is 1. The summed E-state index contributed by atoms with van der Waals surface area (Å²) in [4.78, 5) is 10.8. The first-order valence-electron chi connectivity index (χ1n) is 4.73. The van der Waals surface area contributed by atoms with E-state index >= 15 is 0 Å². The van der Waals surface area contributed by atoms with E-state index in [0.29, 0.717) is 0 Å². The molecule has 0 radical (unpaired) electrons. The average molecular weight is 191 g/mol. The highest BCUT2D eigenvalue weighted by atomic mass is 16.6. The van der Waals surface area contributed by atoms with E-state index in [2.05, 4.69) is 17.4 Å². The van der Waals surface area contributed by atoms with E-state index in [1.54, 1.807) is 0 Å². The van der Waals surface area contributed by atoms with Crippen LogP contribution < -0.4 is 5.32 Å². The summed E-state index contributed by atoms with van der Waals surface area (Å²) in [5.41, 5.74) is 2.55. The summed E-state index contributed by atoms with van der Waals surface area (Å²) in [5, 5.41) is 3.16. The molecule has 0 bridgehead atoms. The molecule has 1 aliphatic heterocycles. The molecule has 0 saturated heterocycles. The van der Waals surface area contributed by atoms with Crippen molar-refractivity contribution in [2.24, 2.45) is 0 Å². The van der Waals surface area contributed by atoms with E-state index in [1.165, 1.54) is 18.1 Å². The molecule has 1 unspecified atom stereocenters. The fourth-order valence-corrected chi connectivity index (χ4v) is 1.71. The lowest BCUT2D eigenvalue weighted by molar-refractivity contribution is -0.148. The lowest BCUT2D eigenvalue weighted by Crippen LogP contribution is -2.38. The molecule has 3 heteroatoms. The number of hydrogen-bond acceptors (Lipinski definition) is 3. The van der Waals surface area contributed by atoms with Gasteiger partial charge in [0.15, 0.2) is 6.23 Å². The summed E-state index contributed by atoms with van der Waals surface area (Å²) < 4.78 is 5.10. The van der Waals surface area contributed by atoms with Gasteiger partial charge in [0.05, 0.1) is 0 Å². The van der Waals surface area contributed by atoms with E-state index in [-0.39, 0.29) is 12.2 Å². The van der Waals surface area contributed by atoms with Crippen LogP contribution in [-0.2, 0) is 22.5 Å². The molecule has 0 spiro atoms. The van der Waals surface area contributed by atoms with Crippen molar-refractivity contribution in [3.8, 4) is 0 Å². The van der Waals surface area contributed by atoms with Crippen LogP contribution in [0.5, 0.6) is 0 Å². The van der Waals surface area contributed by atoms with Crippen molar-refractivity contribution in [1.29, 1.82) is 0 Å². The lowest BCUT2D eigenvalue weighted by Gasteiger charge is -2.25. The molecule has 0 aliphatic carbocycles. The highest BCUT2D eigenvalue weighted by molar-refractivity contribution is 5.66. The van der Waals surface area contributed by atoms with Gasteiger partial charge in [0, 0.05) is 19.9 Å². The van der Waals surface area contributed by atoms with E-state index in [1.807, 2.05) is 12.1 Å². The van der Waals surface area contributed by atoms with Crippen LogP contribution in [0.2, 0.25) is 0 Å². The van der Waals surface area contributed by atoms with E-state index in [0.717, 1.165) is 13.0 Å². The summed E-state index contributed by atoms with van der Waals surface area (Å²) >= 11 is 0. The highest BCUT2D eigenvalue weighted by Crippen LogP contribution is 2.16. The molecule has 2 rings (SSSR count). The van der Waals surface area contributed by atoms with Crippen LogP contribution in [0.15, 0.2) is 24.3 Å². The quantitative estimate of drug-likeness (QED) is 0.678. The topological polar surface area (TPSA) is 38.3 Å². The molecule has 0 fully saturated rings. The number of hydrogen-bond donors (Lipinski definition) is 1. The van der Waals surface area contributed by atoms with Gasteiger partial charge in [0.25, 0.3) is 0 Å². The molecule has 0 amide bonds. The van der Waals surface area contributed by atoms with Crippen molar-refractivity contribution < 1.29 is 9.53 Å². The van der Waals surface area contributed by atoms with Crippen molar-refractivity contribution in [3.05, 3.63) is 35.4 Å². The molecule has 0 saturated carbocycles. The molecule has 74 valence electrons. The van der Waals surface area contributed by atoms with Gasteiger partial charge in [-0.25, -0.2) is 0 Å². The number of ether oxygens (including phenoxy) is 1. The zero-order valence-corrected chi connectivity index (χ0v) is 8.12. The van der Waals surface area contributed by atoms with E-state index in [9.17, 15) is 4.79 Å². The fourth-order valence-electron chi connectivity index (χ4n) is 1.71. The van der Waals surface area contributed by atoms with Crippen molar-refractivity contribution in [2.45, 2.75) is 26.1 Å². The molecule has 1 atom stereocenters. The first-order chi connectivity index (χ1) is 6.75. The van der Waals surface area contributed by atoms with E-state index < -0.39 is 0 Å². The second kappa shape index (κ2) is 3.80. The van der Waals surface area contributed by atoms with Crippen LogP contribution in [0.4, 0.5) is 0 Å². The summed E-state index contributed by atoms with van der Waals surface area (Å²) in [7, 11) is 0. The Bertz CT molecular complexity index is 349. The van der Waals surface area contributed by atoms with Gasteiger partial charge in [-0.05, 0) is 11.1 Å². The minimum atomic E-state index is -0.234. The van der Waals surface area contributed by atoms with Gasteiger partial charge in [-0.15, -0.1) is 0 Å². The Morgan fingerprint density at radius 1 is 1.43 bits per heavy atom. The van der Waals surface area contributed by atoms with Gasteiger partial charge in [-0.2, -0.15) is 0 Å². The Morgan fingerprint density at radius 3 is 2.86 bits per heavy atom. The minimum absolute atomic E-state index is 0.164. The van der Waals surface area contributed by atoms with Gasteiger partial charge < -0.3 is 4.74 Å². The molecule has 1 aliphatic rings. The first kappa shape index (κ1) is 9.21. The Balaban J connectivity index is 2.09. The van der Waals surface area contributed by atoms with E-state index in [4.69, 9.17) is 4.74 Å². The van der Waals surface area contributed by atoms with Crippen LogP contribution in [0.25, 0.3) is 0 Å². The maximum atomic E-state index is 10.8. The molecule has 3 nitrogen and oxygen atoms in total. The highest BCUT2D eigenvalue weighted by Gasteiger charge is 2.18. The fraction of sp³-hybridized carbons (Fsp3) is 0.364. The molecular weight excluding hydrogens is 178 g/mol. The molecule has 1 N–H and O–H groups in total. The molecular formula is C11H13NO2. The Hall–Kier alpha value is -1.35. The van der Waals surface area contributed by atoms with Crippen LogP contribution >= 0.6 is 0 Å². The molecule has 14 heavy (non-hydrogen) atoms. The van der Waals surface area contributed by atoms with Crippen LogP contribution in [0.1, 0.15) is 18.1 Å². The Labute approximate surface area is 83.1 Å². The number of fused-ring (bicyclic) bond motifs is 1. The molecule has 1 aromatic carbocycles. The van der Waals surface area contributed by atoms with Gasteiger partial charge in [-0.3, -0.25) is 10.1 Å². The zero-order chi connectivity index (χ0) is 9.97. The molecule has 0 aromatic heterocycles. The van der Waals surface area contributed by atoms with Gasteiger partial charge in [0.2, 0.25) is 0 Å². The van der Waals surface area contributed by atoms with Crippen LogP contribution in [0, 0.1) is 0 Å². The zero-order valence-electron chi connectivity index (χ0n) is 8.12. The Morgan fingerprint density at radius 2 is 2.14 bits per heavy atom. The predicted octanol–water partition coefficient (Wildman–Crippen LogP) is 1.22.